The minimum atomic E-state index is -0.353. The van der Waals surface area contributed by atoms with Gasteiger partial charge < -0.3 is 0 Å². The fraction of sp³-hybridized carbons (Fsp3) is 0.467. The Morgan fingerprint density at radius 1 is 1.25 bits per heavy atom. The van der Waals surface area contributed by atoms with E-state index < -0.39 is 0 Å². The maximum absolute atomic E-state index is 13.1. The highest BCUT2D eigenvalue weighted by Gasteiger charge is 2.49. The molecule has 2 aliphatic heterocycles. The summed E-state index contributed by atoms with van der Waals surface area (Å²) in [5.41, 5.74) is 0.499. The van der Waals surface area contributed by atoms with Gasteiger partial charge in [-0.25, -0.2) is 4.39 Å². The number of halogens is 1. The molecule has 106 valence electrons. The molecular formula is C15H16FNO2S. The van der Waals surface area contributed by atoms with Crippen molar-refractivity contribution >= 4 is 23.6 Å². The number of piperidine rings is 1. The van der Waals surface area contributed by atoms with Crippen molar-refractivity contribution in [2.24, 2.45) is 5.41 Å². The summed E-state index contributed by atoms with van der Waals surface area (Å²) in [6, 6.07) is 6.08. The highest BCUT2D eigenvalue weighted by atomic mass is 32.2. The van der Waals surface area contributed by atoms with E-state index in [1.54, 1.807) is 23.9 Å². The van der Waals surface area contributed by atoms with Crippen molar-refractivity contribution in [1.29, 1.82) is 0 Å². The highest BCUT2D eigenvalue weighted by Crippen LogP contribution is 2.50. The van der Waals surface area contributed by atoms with Crippen LogP contribution in [0.1, 0.15) is 30.7 Å². The Hall–Kier alpha value is -1.36. The van der Waals surface area contributed by atoms with Gasteiger partial charge in [0.25, 0.3) is 0 Å². The second kappa shape index (κ2) is 5.20. The molecule has 3 nitrogen and oxygen atoms in total. The number of imide groups is 1. The summed E-state index contributed by atoms with van der Waals surface area (Å²) in [6.07, 6.45) is 2.28. The molecule has 2 heterocycles. The first-order valence-electron chi connectivity index (χ1n) is 6.78. The molecule has 3 rings (SSSR count). The number of benzene rings is 1. The lowest BCUT2D eigenvalue weighted by atomic mass is 9.66. The maximum Gasteiger partial charge on any atom is 0.234 e. The number of rotatable bonds is 1. The van der Waals surface area contributed by atoms with Crippen LogP contribution in [-0.4, -0.2) is 23.3 Å². The van der Waals surface area contributed by atoms with Crippen molar-refractivity contribution < 1.29 is 14.0 Å². The Morgan fingerprint density at radius 3 is 2.65 bits per heavy atom. The Morgan fingerprint density at radius 2 is 2.00 bits per heavy atom. The van der Waals surface area contributed by atoms with Crippen molar-refractivity contribution in [1.82, 2.24) is 5.32 Å². The predicted molar refractivity (Wildman–Crippen MR) is 75.9 cm³/mol. The molecule has 2 saturated heterocycles. The standard InChI is InChI=1S/C15H16FNO2S/c16-11-4-2-10(3-5-11)13-14(19)17-12(18)8-15(13)6-1-7-20-9-15/h2-5,13H,1,6-9H2,(H,17,18,19). The lowest BCUT2D eigenvalue weighted by Gasteiger charge is -2.45. The van der Waals surface area contributed by atoms with Crippen LogP contribution in [-0.2, 0) is 9.59 Å². The van der Waals surface area contributed by atoms with Gasteiger partial charge in [0.15, 0.2) is 0 Å². The van der Waals surface area contributed by atoms with Crippen molar-refractivity contribution in [2.45, 2.75) is 25.2 Å². The Balaban J connectivity index is 2.01. The first-order valence-corrected chi connectivity index (χ1v) is 7.93. The van der Waals surface area contributed by atoms with E-state index >= 15 is 0 Å². The van der Waals surface area contributed by atoms with E-state index in [0.717, 1.165) is 29.9 Å². The molecule has 2 aliphatic rings. The van der Waals surface area contributed by atoms with Crippen LogP contribution in [0.5, 0.6) is 0 Å². The molecule has 0 radical (unpaired) electrons. The Kier molecular flexibility index (Phi) is 3.54. The van der Waals surface area contributed by atoms with Crippen LogP contribution in [0.2, 0.25) is 0 Å². The van der Waals surface area contributed by atoms with Gasteiger partial charge in [-0.2, -0.15) is 11.8 Å². The summed E-state index contributed by atoms with van der Waals surface area (Å²) in [5.74, 6) is 0.801. The highest BCUT2D eigenvalue weighted by molar-refractivity contribution is 7.99. The largest absolute Gasteiger partial charge is 0.296 e. The van der Waals surface area contributed by atoms with Gasteiger partial charge in [0, 0.05) is 17.6 Å². The number of carbonyl (C=O) groups is 2. The number of thioether (sulfide) groups is 1. The van der Waals surface area contributed by atoms with Gasteiger partial charge in [-0.05, 0) is 36.3 Å². The third-order valence-corrected chi connectivity index (χ3v) is 5.56. The zero-order valence-electron chi connectivity index (χ0n) is 11.0. The van der Waals surface area contributed by atoms with Crippen molar-refractivity contribution in [3.63, 3.8) is 0 Å². The number of hydrogen-bond acceptors (Lipinski definition) is 3. The minimum absolute atomic E-state index is 0.184. The van der Waals surface area contributed by atoms with Crippen molar-refractivity contribution in [3.05, 3.63) is 35.6 Å². The smallest absolute Gasteiger partial charge is 0.234 e. The van der Waals surface area contributed by atoms with E-state index in [0.29, 0.717) is 6.42 Å². The normalized spacial score (nSPS) is 30.4. The van der Waals surface area contributed by atoms with E-state index in [9.17, 15) is 14.0 Å². The van der Waals surface area contributed by atoms with Crippen molar-refractivity contribution in [2.75, 3.05) is 11.5 Å². The summed E-state index contributed by atoms with van der Waals surface area (Å²) in [4.78, 5) is 24.1. The second-order valence-corrected chi connectivity index (χ2v) is 6.70. The van der Waals surface area contributed by atoms with Crippen LogP contribution in [0.4, 0.5) is 4.39 Å². The molecule has 5 heteroatoms. The van der Waals surface area contributed by atoms with Crippen LogP contribution < -0.4 is 5.32 Å². The SMILES string of the molecule is O=C1CC2(CCCSC2)C(c2ccc(F)cc2)C(=O)N1. The molecule has 2 amide bonds. The van der Waals surface area contributed by atoms with Crippen molar-refractivity contribution in [3.8, 4) is 0 Å². The predicted octanol–water partition coefficient (Wildman–Crippen LogP) is 2.47. The molecule has 0 bridgehead atoms. The summed E-state index contributed by atoms with van der Waals surface area (Å²) in [5, 5.41) is 2.43. The molecule has 0 saturated carbocycles. The Bertz CT molecular complexity index is 537. The lowest BCUT2D eigenvalue weighted by Crippen LogP contribution is -2.52. The fourth-order valence-electron chi connectivity index (χ4n) is 3.35. The van der Waals surface area contributed by atoms with E-state index in [-0.39, 0.29) is 29.0 Å². The lowest BCUT2D eigenvalue weighted by molar-refractivity contribution is -0.139. The fourth-order valence-corrected chi connectivity index (χ4v) is 4.67. The minimum Gasteiger partial charge on any atom is -0.296 e. The summed E-state index contributed by atoms with van der Waals surface area (Å²) in [6.45, 7) is 0. The van der Waals surface area contributed by atoms with Crippen LogP contribution in [0.15, 0.2) is 24.3 Å². The van der Waals surface area contributed by atoms with E-state index in [4.69, 9.17) is 0 Å². The van der Waals surface area contributed by atoms with Gasteiger partial charge in [-0.15, -0.1) is 0 Å². The molecule has 2 unspecified atom stereocenters. The molecule has 2 fully saturated rings. The number of carbonyl (C=O) groups excluding carboxylic acids is 2. The van der Waals surface area contributed by atoms with Crippen LogP contribution >= 0.6 is 11.8 Å². The topological polar surface area (TPSA) is 46.2 Å². The van der Waals surface area contributed by atoms with E-state index in [1.165, 1.54) is 12.1 Å². The van der Waals surface area contributed by atoms with Gasteiger partial charge in [0.2, 0.25) is 11.8 Å². The molecule has 1 aromatic rings. The third kappa shape index (κ3) is 2.35. The average molecular weight is 293 g/mol. The molecule has 1 aromatic carbocycles. The first kappa shape index (κ1) is 13.6. The molecule has 1 spiro atoms. The zero-order chi connectivity index (χ0) is 14.2. The zero-order valence-corrected chi connectivity index (χ0v) is 11.8. The first-order chi connectivity index (χ1) is 9.61. The second-order valence-electron chi connectivity index (χ2n) is 5.59. The summed E-state index contributed by atoms with van der Waals surface area (Å²) in [7, 11) is 0. The number of amides is 2. The Labute approximate surface area is 121 Å². The molecule has 20 heavy (non-hydrogen) atoms. The van der Waals surface area contributed by atoms with Crippen LogP contribution in [0.25, 0.3) is 0 Å². The molecule has 0 aliphatic carbocycles. The molecule has 2 atom stereocenters. The molecule has 1 N–H and O–H groups in total. The number of hydrogen-bond donors (Lipinski definition) is 1. The van der Waals surface area contributed by atoms with Gasteiger partial charge in [-0.3, -0.25) is 14.9 Å². The summed E-state index contributed by atoms with van der Waals surface area (Å²) < 4.78 is 13.1. The average Bonchev–Trinajstić information content (AvgIpc) is 2.41. The monoisotopic (exact) mass is 293 g/mol. The molecular weight excluding hydrogens is 277 g/mol. The van der Waals surface area contributed by atoms with Gasteiger partial charge in [0.05, 0.1) is 5.92 Å². The van der Waals surface area contributed by atoms with E-state index in [2.05, 4.69) is 5.32 Å². The van der Waals surface area contributed by atoms with Crippen LogP contribution in [0.3, 0.4) is 0 Å². The third-order valence-electron chi connectivity index (χ3n) is 4.21. The summed E-state index contributed by atoms with van der Waals surface area (Å²) >= 11 is 1.80. The van der Waals surface area contributed by atoms with Gasteiger partial charge in [0.1, 0.15) is 5.82 Å². The number of nitrogens with one attached hydrogen (secondary N) is 1. The maximum atomic E-state index is 13.1. The van der Waals surface area contributed by atoms with Gasteiger partial charge >= 0.3 is 0 Å². The van der Waals surface area contributed by atoms with E-state index in [1.807, 2.05) is 0 Å². The van der Waals surface area contributed by atoms with Crippen LogP contribution in [0, 0.1) is 11.2 Å². The van der Waals surface area contributed by atoms with Gasteiger partial charge in [-0.1, -0.05) is 12.1 Å². The molecule has 0 aromatic heterocycles. The quantitative estimate of drug-likeness (QED) is 0.809.